The van der Waals surface area contributed by atoms with Crippen molar-refractivity contribution in [2.45, 2.75) is 39.7 Å². The van der Waals surface area contributed by atoms with Gasteiger partial charge in [0.1, 0.15) is 6.54 Å². The molecule has 3 rings (SSSR count). The fourth-order valence-electron chi connectivity index (χ4n) is 4.05. The lowest BCUT2D eigenvalue weighted by Gasteiger charge is -2.28. The average molecular weight is 549 g/mol. The van der Waals surface area contributed by atoms with Crippen LogP contribution in [0.4, 0.5) is 10.5 Å². The number of carbonyl (C=O) groups is 2. The van der Waals surface area contributed by atoms with Crippen LogP contribution < -0.4 is 14.8 Å². The van der Waals surface area contributed by atoms with Crippen LogP contribution in [-0.2, 0) is 17.8 Å². The molecule has 0 radical (unpaired) electrons. The Morgan fingerprint density at radius 3 is 2.33 bits per heavy atom. The quantitative estimate of drug-likeness (QED) is 0.289. The Bertz CT molecular complexity index is 1280. The first-order valence-corrected chi connectivity index (χ1v) is 13.8. The second-order valence-electron chi connectivity index (χ2n) is 9.16. The van der Waals surface area contributed by atoms with E-state index in [2.05, 4.69) is 17.5 Å². The van der Waals surface area contributed by atoms with Gasteiger partial charge in [-0.2, -0.15) is 5.26 Å². The molecular weight excluding hydrogens is 512 g/mol. The number of amides is 3. The maximum Gasteiger partial charge on any atom is 0.322 e. The number of unbranched alkanes of at least 4 members (excludes halogenated alkanes) is 1. The molecule has 0 atom stereocenters. The lowest BCUT2D eigenvalue weighted by atomic mass is 10.1. The number of urea groups is 1. The van der Waals surface area contributed by atoms with Gasteiger partial charge < -0.3 is 24.6 Å². The van der Waals surface area contributed by atoms with Crippen LogP contribution in [0.5, 0.6) is 11.5 Å². The number of nitrogens with one attached hydrogen (secondary N) is 1. The highest BCUT2D eigenvalue weighted by atomic mass is 32.1. The van der Waals surface area contributed by atoms with E-state index in [-0.39, 0.29) is 18.5 Å². The van der Waals surface area contributed by atoms with Crippen molar-refractivity contribution in [3.05, 3.63) is 75.5 Å². The van der Waals surface area contributed by atoms with Crippen LogP contribution in [-0.4, -0.2) is 55.6 Å². The van der Waals surface area contributed by atoms with E-state index in [0.29, 0.717) is 48.8 Å². The van der Waals surface area contributed by atoms with Gasteiger partial charge in [0.05, 0.1) is 32.4 Å². The molecule has 39 heavy (non-hydrogen) atoms. The van der Waals surface area contributed by atoms with E-state index in [9.17, 15) is 9.59 Å². The number of methoxy groups -OCH3 is 2. The minimum Gasteiger partial charge on any atom is -0.493 e. The lowest BCUT2D eigenvalue weighted by molar-refractivity contribution is -0.132. The Morgan fingerprint density at radius 1 is 0.974 bits per heavy atom. The highest BCUT2D eigenvalue weighted by Crippen LogP contribution is 2.28. The average Bonchev–Trinajstić information content (AvgIpc) is 3.37. The fraction of sp³-hybridized carbons (Fsp3) is 0.367. The number of rotatable bonds is 13. The standard InChI is InChI=1S/C30H36N4O4S/c1-5-6-16-34(30(36)32-25-11-8-24(19-31)9-12-25)21-29(35)33(20-26-13-7-22(2)39-26)17-15-23-10-14-27(37-3)28(18-23)38-4/h7-14,18H,5-6,15-17,20-21H2,1-4H3,(H,32,36). The van der Waals surface area contributed by atoms with Crippen LogP contribution in [0.15, 0.2) is 54.6 Å². The maximum atomic E-state index is 13.6. The minimum atomic E-state index is -0.340. The molecule has 3 aromatic rings. The van der Waals surface area contributed by atoms with Gasteiger partial charge in [0.15, 0.2) is 11.5 Å². The Kier molecular flexibility index (Phi) is 11.2. The molecule has 8 nitrogen and oxygen atoms in total. The summed E-state index contributed by atoms with van der Waals surface area (Å²) >= 11 is 1.66. The fourth-order valence-corrected chi connectivity index (χ4v) is 4.95. The maximum absolute atomic E-state index is 13.6. The molecule has 0 spiro atoms. The van der Waals surface area contributed by atoms with Crippen molar-refractivity contribution in [3.8, 4) is 17.6 Å². The van der Waals surface area contributed by atoms with E-state index >= 15 is 0 Å². The first kappa shape index (κ1) is 29.5. The molecule has 0 aliphatic rings. The molecule has 206 valence electrons. The summed E-state index contributed by atoms with van der Waals surface area (Å²) in [4.78, 5) is 32.5. The van der Waals surface area contributed by atoms with Crippen molar-refractivity contribution in [3.63, 3.8) is 0 Å². The number of benzene rings is 2. The Morgan fingerprint density at radius 2 is 1.72 bits per heavy atom. The number of ether oxygens (including phenoxy) is 2. The van der Waals surface area contributed by atoms with E-state index < -0.39 is 0 Å². The SMILES string of the molecule is CCCCN(CC(=O)N(CCc1ccc(OC)c(OC)c1)Cc1ccc(C)s1)C(=O)Nc1ccc(C#N)cc1. The molecule has 1 aromatic heterocycles. The Hall–Kier alpha value is -4.03. The molecule has 9 heteroatoms. The van der Waals surface area contributed by atoms with Crippen LogP contribution in [0.3, 0.4) is 0 Å². The van der Waals surface area contributed by atoms with Crippen LogP contribution in [0, 0.1) is 18.3 Å². The number of thiophene rings is 1. The number of nitrogens with zero attached hydrogens (tertiary/aromatic N) is 3. The summed E-state index contributed by atoms with van der Waals surface area (Å²) in [5.74, 6) is 1.18. The summed E-state index contributed by atoms with van der Waals surface area (Å²) in [6.07, 6.45) is 2.30. The Balaban J connectivity index is 1.75. The van der Waals surface area contributed by atoms with Gasteiger partial charge in [-0.15, -0.1) is 11.3 Å². The van der Waals surface area contributed by atoms with Crippen molar-refractivity contribution < 1.29 is 19.1 Å². The topological polar surface area (TPSA) is 94.9 Å². The van der Waals surface area contributed by atoms with Crippen molar-refractivity contribution in [1.29, 1.82) is 5.26 Å². The largest absolute Gasteiger partial charge is 0.493 e. The number of hydrogen-bond donors (Lipinski definition) is 1. The van der Waals surface area contributed by atoms with Crippen LogP contribution >= 0.6 is 11.3 Å². The van der Waals surface area contributed by atoms with E-state index in [1.807, 2.05) is 43.0 Å². The lowest BCUT2D eigenvalue weighted by Crippen LogP contribution is -2.45. The van der Waals surface area contributed by atoms with Gasteiger partial charge in [-0.25, -0.2) is 4.79 Å². The zero-order chi connectivity index (χ0) is 28.2. The van der Waals surface area contributed by atoms with Crippen molar-refractivity contribution in [1.82, 2.24) is 9.80 Å². The minimum absolute atomic E-state index is 0.0294. The number of hydrogen-bond acceptors (Lipinski definition) is 6. The zero-order valence-corrected chi connectivity index (χ0v) is 23.8. The normalized spacial score (nSPS) is 10.4. The van der Waals surface area contributed by atoms with E-state index in [1.54, 1.807) is 54.7 Å². The molecule has 2 aromatic carbocycles. The van der Waals surface area contributed by atoms with Gasteiger partial charge >= 0.3 is 6.03 Å². The predicted octanol–water partition coefficient (Wildman–Crippen LogP) is 5.85. The molecule has 3 amide bonds. The third kappa shape index (κ3) is 8.76. The summed E-state index contributed by atoms with van der Waals surface area (Å²) in [5, 5.41) is 11.9. The molecular formula is C30H36N4O4S. The molecule has 0 fully saturated rings. The molecule has 0 aliphatic heterocycles. The van der Waals surface area contributed by atoms with Gasteiger partial charge in [-0.3, -0.25) is 4.79 Å². The van der Waals surface area contributed by atoms with Gasteiger partial charge in [0.2, 0.25) is 5.91 Å². The first-order valence-electron chi connectivity index (χ1n) is 13.0. The number of anilines is 1. The van der Waals surface area contributed by atoms with Gasteiger partial charge in [-0.1, -0.05) is 19.4 Å². The number of nitriles is 1. The summed E-state index contributed by atoms with van der Waals surface area (Å²) in [6, 6.07) is 18.3. The molecule has 1 N–H and O–H groups in total. The zero-order valence-electron chi connectivity index (χ0n) is 23.0. The summed E-state index contributed by atoms with van der Waals surface area (Å²) in [6.45, 7) is 5.50. The highest BCUT2D eigenvalue weighted by molar-refractivity contribution is 7.11. The summed E-state index contributed by atoms with van der Waals surface area (Å²) in [7, 11) is 3.20. The smallest absolute Gasteiger partial charge is 0.322 e. The molecule has 0 aliphatic carbocycles. The third-order valence-corrected chi connectivity index (χ3v) is 7.26. The molecule has 0 bridgehead atoms. The number of aryl methyl sites for hydroxylation is 1. The van der Waals surface area contributed by atoms with Crippen molar-refractivity contribution in [2.24, 2.45) is 0 Å². The first-order chi connectivity index (χ1) is 18.9. The van der Waals surface area contributed by atoms with E-state index in [1.165, 1.54) is 4.88 Å². The number of carbonyl (C=O) groups excluding carboxylic acids is 2. The van der Waals surface area contributed by atoms with E-state index in [0.717, 1.165) is 23.3 Å². The Labute approximate surface area is 234 Å². The van der Waals surface area contributed by atoms with Crippen LogP contribution in [0.25, 0.3) is 0 Å². The van der Waals surface area contributed by atoms with Crippen molar-refractivity contribution in [2.75, 3.05) is 39.2 Å². The van der Waals surface area contributed by atoms with Crippen LogP contribution in [0.2, 0.25) is 0 Å². The van der Waals surface area contributed by atoms with Gasteiger partial charge in [0, 0.05) is 28.5 Å². The van der Waals surface area contributed by atoms with Gasteiger partial charge in [0.25, 0.3) is 0 Å². The van der Waals surface area contributed by atoms with Crippen LogP contribution in [0.1, 0.15) is 40.6 Å². The van der Waals surface area contributed by atoms with Crippen molar-refractivity contribution >= 4 is 29.0 Å². The molecule has 0 unspecified atom stereocenters. The summed E-state index contributed by atoms with van der Waals surface area (Å²) in [5.41, 5.74) is 2.11. The third-order valence-electron chi connectivity index (χ3n) is 6.27. The second-order valence-corrected chi connectivity index (χ2v) is 10.5. The summed E-state index contributed by atoms with van der Waals surface area (Å²) < 4.78 is 10.8. The van der Waals surface area contributed by atoms with E-state index in [4.69, 9.17) is 14.7 Å². The molecule has 1 heterocycles. The molecule has 0 saturated heterocycles. The second kappa shape index (κ2) is 14.8. The monoisotopic (exact) mass is 548 g/mol. The predicted molar refractivity (Wildman–Crippen MR) is 154 cm³/mol. The highest BCUT2D eigenvalue weighted by Gasteiger charge is 2.22. The molecule has 0 saturated carbocycles. The van der Waals surface area contributed by atoms with Gasteiger partial charge in [-0.05, 0) is 73.9 Å².